The van der Waals surface area contributed by atoms with Crippen LogP contribution in [0.15, 0.2) is 48.5 Å². The van der Waals surface area contributed by atoms with Crippen LogP contribution < -0.4 is 10.6 Å². The third-order valence-corrected chi connectivity index (χ3v) is 3.70. The molecule has 0 radical (unpaired) electrons. The van der Waals surface area contributed by atoms with Crippen LogP contribution in [0.3, 0.4) is 0 Å². The molecule has 1 amide bonds. The topological polar surface area (TPSA) is 41.1 Å². The molecule has 2 N–H and O–H groups in total. The van der Waals surface area contributed by atoms with E-state index in [0.717, 1.165) is 23.6 Å². The average molecular weight is 337 g/mol. The van der Waals surface area contributed by atoms with Gasteiger partial charge in [0.2, 0.25) is 5.91 Å². The summed E-state index contributed by atoms with van der Waals surface area (Å²) < 4.78 is 0. The SMILES string of the molecule is O=C(CNCCc1ccc(Cl)cc1)NCc1ccc(Cl)cc1. The molecule has 0 aliphatic rings. The van der Waals surface area contributed by atoms with Gasteiger partial charge in [0.15, 0.2) is 0 Å². The Hall–Kier alpha value is -1.55. The Morgan fingerprint density at radius 3 is 2.00 bits per heavy atom. The highest BCUT2D eigenvalue weighted by Gasteiger charge is 2.01. The Morgan fingerprint density at radius 1 is 0.864 bits per heavy atom. The number of halogens is 2. The van der Waals surface area contributed by atoms with E-state index in [4.69, 9.17) is 23.2 Å². The second-order valence-corrected chi connectivity index (χ2v) is 5.83. The molecule has 2 rings (SSSR count). The lowest BCUT2D eigenvalue weighted by Crippen LogP contribution is -2.34. The Kier molecular flexibility index (Phi) is 6.72. The van der Waals surface area contributed by atoms with E-state index < -0.39 is 0 Å². The molecule has 0 fully saturated rings. The van der Waals surface area contributed by atoms with Gasteiger partial charge in [-0.25, -0.2) is 0 Å². The Bertz CT molecular complexity index is 597. The van der Waals surface area contributed by atoms with Gasteiger partial charge in [-0.2, -0.15) is 0 Å². The van der Waals surface area contributed by atoms with E-state index in [-0.39, 0.29) is 5.91 Å². The van der Waals surface area contributed by atoms with Crippen molar-refractivity contribution in [2.75, 3.05) is 13.1 Å². The van der Waals surface area contributed by atoms with Gasteiger partial charge < -0.3 is 10.6 Å². The van der Waals surface area contributed by atoms with Crippen LogP contribution in [-0.4, -0.2) is 19.0 Å². The standard InChI is InChI=1S/C17H18Cl2N2O/c18-15-5-1-13(2-6-15)9-10-20-12-17(22)21-11-14-3-7-16(19)8-4-14/h1-8,20H,9-12H2,(H,21,22). The van der Waals surface area contributed by atoms with Gasteiger partial charge in [-0.1, -0.05) is 47.5 Å². The molecule has 2 aromatic carbocycles. The molecule has 0 heterocycles. The largest absolute Gasteiger partial charge is 0.351 e. The van der Waals surface area contributed by atoms with E-state index in [1.54, 1.807) is 0 Å². The molecule has 0 unspecified atom stereocenters. The zero-order valence-corrected chi connectivity index (χ0v) is 13.6. The average Bonchev–Trinajstić information content (AvgIpc) is 2.53. The minimum Gasteiger partial charge on any atom is -0.351 e. The molecule has 5 heteroatoms. The summed E-state index contributed by atoms with van der Waals surface area (Å²) in [6.07, 6.45) is 0.863. The van der Waals surface area contributed by atoms with E-state index in [1.165, 1.54) is 5.56 Å². The normalized spacial score (nSPS) is 10.5. The second-order valence-electron chi connectivity index (χ2n) is 4.96. The van der Waals surface area contributed by atoms with E-state index in [0.29, 0.717) is 18.1 Å². The van der Waals surface area contributed by atoms with Gasteiger partial charge in [0.1, 0.15) is 0 Å². The number of benzene rings is 2. The van der Waals surface area contributed by atoms with Crippen molar-refractivity contribution in [2.24, 2.45) is 0 Å². The molecule has 0 aliphatic carbocycles. The maximum absolute atomic E-state index is 11.7. The minimum absolute atomic E-state index is 0.0222. The van der Waals surface area contributed by atoms with Gasteiger partial charge >= 0.3 is 0 Å². The Morgan fingerprint density at radius 2 is 1.41 bits per heavy atom. The number of hydrogen-bond acceptors (Lipinski definition) is 2. The summed E-state index contributed by atoms with van der Waals surface area (Å²) in [6, 6.07) is 15.1. The maximum atomic E-state index is 11.7. The van der Waals surface area contributed by atoms with E-state index in [2.05, 4.69) is 10.6 Å². The molecule has 116 valence electrons. The number of nitrogens with one attached hydrogen (secondary N) is 2. The van der Waals surface area contributed by atoms with Gasteiger partial charge in [0, 0.05) is 16.6 Å². The number of amides is 1. The first-order chi connectivity index (χ1) is 10.6. The lowest BCUT2D eigenvalue weighted by atomic mass is 10.1. The van der Waals surface area contributed by atoms with Gasteiger partial charge in [-0.05, 0) is 48.4 Å². The first-order valence-electron chi connectivity index (χ1n) is 7.10. The minimum atomic E-state index is -0.0222. The van der Waals surface area contributed by atoms with Crippen molar-refractivity contribution in [2.45, 2.75) is 13.0 Å². The van der Waals surface area contributed by atoms with Crippen molar-refractivity contribution in [1.29, 1.82) is 0 Å². The van der Waals surface area contributed by atoms with Crippen LogP contribution in [0, 0.1) is 0 Å². The van der Waals surface area contributed by atoms with Crippen molar-refractivity contribution in [3.05, 3.63) is 69.7 Å². The smallest absolute Gasteiger partial charge is 0.234 e. The zero-order valence-electron chi connectivity index (χ0n) is 12.1. The molecule has 0 spiro atoms. The predicted octanol–water partition coefficient (Wildman–Crippen LogP) is 3.44. The molecule has 22 heavy (non-hydrogen) atoms. The fraction of sp³-hybridized carbons (Fsp3) is 0.235. The first-order valence-corrected chi connectivity index (χ1v) is 7.85. The highest BCUT2D eigenvalue weighted by Crippen LogP contribution is 2.10. The predicted molar refractivity (Wildman–Crippen MR) is 91.3 cm³/mol. The van der Waals surface area contributed by atoms with Gasteiger partial charge in [0.05, 0.1) is 6.54 Å². The molecule has 0 aliphatic heterocycles. The molecule has 3 nitrogen and oxygen atoms in total. The van der Waals surface area contributed by atoms with E-state index in [9.17, 15) is 4.79 Å². The molecule has 0 bridgehead atoms. The zero-order chi connectivity index (χ0) is 15.8. The number of carbonyl (C=O) groups is 1. The van der Waals surface area contributed by atoms with Crippen molar-refractivity contribution < 1.29 is 4.79 Å². The third-order valence-electron chi connectivity index (χ3n) is 3.19. The summed E-state index contributed by atoms with van der Waals surface area (Å²) >= 11 is 11.6. The number of rotatable bonds is 7. The van der Waals surface area contributed by atoms with Crippen LogP contribution in [-0.2, 0) is 17.8 Å². The number of hydrogen-bond donors (Lipinski definition) is 2. The highest BCUT2D eigenvalue weighted by atomic mass is 35.5. The van der Waals surface area contributed by atoms with Gasteiger partial charge in [0.25, 0.3) is 0 Å². The summed E-state index contributed by atoms with van der Waals surface area (Å²) in [5.41, 5.74) is 2.22. The second kappa shape index (κ2) is 8.79. The molecule has 2 aromatic rings. The van der Waals surface area contributed by atoms with Gasteiger partial charge in [-0.3, -0.25) is 4.79 Å². The molecule has 0 atom stereocenters. The maximum Gasteiger partial charge on any atom is 0.234 e. The molecule has 0 saturated heterocycles. The Labute approximate surface area is 140 Å². The quantitative estimate of drug-likeness (QED) is 0.760. The summed E-state index contributed by atoms with van der Waals surface area (Å²) in [4.78, 5) is 11.7. The third kappa shape index (κ3) is 6.06. The first kappa shape index (κ1) is 16.8. The van der Waals surface area contributed by atoms with Gasteiger partial charge in [-0.15, -0.1) is 0 Å². The molecular formula is C17H18Cl2N2O. The number of carbonyl (C=O) groups excluding carboxylic acids is 1. The van der Waals surface area contributed by atoms with Crippen molar-refractivity contribution >= 4 is 29.1 Å². The van der Waals surface area contributed by atoms with Crippen LogP contribution >= 0.6 is 23.2 Å². The summed E-state index contributed by atoms with van der Waals surface area (Å²) in [5.74, 6) is -0.0222. The van der Waals surface area contributed by atoms with Crippen LogP contribution in [0.2, 0.25) is 10.0 Å². The van der Waals surface area contributed by atoms with Crippen molar-refractivity contribution in [1.82, 2.24) is 10.6 Å². The van der Waals surface area contributed by atoms with Crippen LogP contribution in [0.4, 0.5) is 0 Å². The van der Waals surface area contributed by atoms with Crippen LogP contribution in [0.25, 0.3) is 0 Å². The van der Waals surface area contributed by atoms with E-state index in [1.807, 2.05) is 48.5 Å². The molecule has 0 saturated carbocycles. The van der Waals surface area contributed by atoms with Crippen LogP contribution in [0.5, 0.6) is 0 Å². The lowest BCUT2D eigenvalue weighted by Gasteiger charge is -2.07. The summed E-state index contributed by atoms with van der Waals surface area (Å²) in [5, 5.41) is 7.42. The molecule has 0 aromatic heterocycles. The fourth-order valence-corrected chi connectivity index (χ4v) is 2.20. The summed E-state index contributed by atoms with van der Waals surface area (Å²) in [6.45, 7) is 1.56. The van der Waals surface area contributed by atoms with Crippen LogP contribution in [0.1, 0.15) is 11.1 Å². The highest BCUT2D eigenvalue weighted by molar-refractivity contribution is 6.30. The Balaban J connectivity index is 1.61. The molecular weight excluding hydrogens is 319 g/mol. The van der Waals surface area contributed by atoms with E-state index >= 15 is 0 Å². The monoisotopic (exact) mass is 336 g/mol. The lowest BCUT2D eigenvalue weighted by molar-refractivity contribution is -0.120. The summed E-state index contributed by atoms with van der Waals surface area (Å²) in [7, 11) is 0. The van der Waals surface area contributed by atoms with Crippen molar-refractivity contribution in [3.63, 3.8) is 0 Å². The fourth-order valence-electron chi connectivity index (χ4n) is 1.95. The van der Waals surface area contributed by atoms with Crippen molar-refractivity contribution in [3.8, 4) is 0 Å².